The standard InChI is InChI=1S/C9H8F2N2O2S/c1-13-16(14,15)8-4-2-3-6(9(10)11)7(8)5-12/h2-4,9,13H,1H3. The van der Waals surface area contributed by atoms with E-state index >= 15 is 0 Å². The number of halogens is 2. The molecule has 1 rings (SSSR count). The zero-order valence-corrected chi connectivity index (χ0v) is 9.05. The van der Waals surface area contributed by atoms with Crippen molar-refractivity contribution in [1.29, 1.82) is 5.26 Å². The van der Waals surface area contributed by atoms with E-state index in [0.29, 0.717) is 0 Å². The second-order valence-corrected chi connectivity index (χ2v) is 4.70. The van der Waals surface area contributed by atoms with Gasteiger partial charge in [-0.2, -0.15) is 5.26 Å². The first-order chi connectivity index (χ1) is 7.44. The van der Waals surface area contributed by atoms with E-state index in [1.54, 1.807) is 0 Å². The summed E-state index contributed by atoms with van der Waals surface area (Å²) in [4.78, 5) is -0.435. The summed E-state index contributed by atoms with van der Waals surface area (Å²) in [6.07, 6.45) is -2.89. The summed E-state index contributed by atoms with van der Waals surface area (Å²) in [6, 6.07) is 4.79. The van der Waals surface area contributed by atoms with Crippen molar-refractivity contribution in [3.05, 3.63) is 29.3 Å². The van der Waals surface area contributed by atoms with Gasteiger partial charge in [0.2, 0.25) is 10.0 Å². The van der Waals surface area contributed by atoms with Gasteiger partial charge in [-0.15, -0.1) is 0 Å². The van der Waals surface area contributed by atoms with Crippen molar-refractivity contribution < 1.29 is 17.2 Å². The van der Waals surface area contributed by atoms with E-state index in [0.717, 1.165) is 19.2 Å². The van der Waals surface area contributed by atoms with Gasteiger partial charge in [0.1, 0.15) is 11.0 Å². The van der Waals surface area contributed by atoms with Gasteiger partial charge in [0.15, 0.2) is 0 Å². The van der Waals surface area contributed by atoms with Gasteiger partial charge in [0.05, 0.1) is 5.56 Å². The van der Waals surface area contributed by atoms with Gasteiger partial charge in [-0.05, 0) is 13.1 Å². The predicted octanol–water partition coefficient (Wildman–Crippen LogP) is 1.40. The fourth-order valence-electron chi connectivity index (χ4n) is 1.18. The number of rotatable bonds is 3. The van der Waals surface area contributed by atoms with E-state index in [4.69, 9.17) is 5.26 Å². The Kier molecular flexibility index (Phi) is 3.57. The predicted molar refractivity (Wildman–Crippen MR) is 52.4 cm³/mol. The number of nitrogens with zero attached hydrogens (tertiary/aromatic N) is 1. The van der Waals surface area contributed by atoms with Crippen LogP contribution < -0.4 is 4.72 Å². The molecular formula is C9H8F2N2O2S. The SMILES string of the molecule is CNS(=O)(=O)c1cccc(C(F)F)c1C#N. The molecule has 0 saturated heterocycles. The van der Waals surface area contributed by atoms with E-state index in [9.17, 15) is 17.2 Å². The van der Waals surface area contributed by atoms with Crippen LogP contribution in [0.1, 0.15) is 17.6 Å². The second kappa shape index (κ2) is 4.55. The largest absolute Gasteiger partial charge is 0.265 e. The molecule has 0 aliphatic heterocycles. The number of alkyl halides is 2. The second-order valence-electron chi connectivity index (χ2n) is 2.84. The average Bonchev–Trinajstić information content (AvgIpc) is 2.27. The summed E-state index contributed by atoms with van der Waals surface area (Å²) < 4.78 is 49.9. The van der Waals surface area contributed by atoms with Gasteiger partial charge in [-0.3, -0.25) is 0 Å². The Bertz CT molecular complexity index is 535. The molecule has 1 aromatic rings. The molecule has 0 radical (unpaired) electrons. The summed E-state index contributed by atoms with van der Waals surface area (Å²) in [5, 5.41) is 8.73. The topological polar surface area (TPSA) is 70.0 Å². The van der Waals surface area contributed by atoms with Crippen LogP contribution in [0, 0.1) is 11.3 Å². The monoisotopic (exact) mass is 246 g/mol. The number of nitriles is 1. The van der Waals surface area contributed by atoms with E-state index in [2.05, 4.69) is 0 Å². The first-order valence-corrected chi connectivity index (χ1v) is 5.67. The molecule has 0 amide bonds. The van der Waals surface area contributed by atoms with Crippen LogP contribution in [-0.4, -0.2) is 15.5 Å². The van der Waals surface area contributed by atoms with E-state index < -0.39 is 32.5 Å². The lowest BCUT2D eigenvalue weighted by molar-refractivity contribution is 0.151. The summed E-state index contributed by atoms with van der Waals surface area (Å²) in [7, 11) is -2.76. The zero-order valence-electron chi connectivity index (χ0n) is 8.24. The molecule has 16 heavy (non-hydrogen) atoms. The molecule has 0 aliphatic rings. The van der Waals surface area contributed by atoms with Crippen molar-refractivity contribution in [2.24, 2.45) is 0 Å². The Labute approximate surface area is 91.6 Å². The molecule has 4 nitrogen and oxygen atoms in total. The van der Waals surface area contributed by atoms with Gasteiger partial charge in [-0.25, -0.2) is 21.9 Å². The number of benzene rings is 1. The lowest BCUT2D eigenvalue weighted by Crippen LogP contribution is -2.20. The maximum Gasteiger partial charge on any atom is 0.265 e. The van der Waals surface area contributed by atoms with Gasteiger partial charge < -0.3 is 0 Å². The Hall–Kier alpha value is -1.52. The lowest BCUT2D eigenvalue weighted by atomic mass is 10.1. The van der Waals surface area contributed by atoms with Gasteiger partial charge in [-0.1, -0.05) is 12.1 Å². The first-order valence-electron chi connectivity index (χ1n) is 4.18. The Morgan fingerprint density at radius 2 is 2.06 bits per heavy atom. The third kappa shape index (κ3) is 2.18. The van der Waals surface area contributed by atoms with Gasteiger partial charge in [0, 0.05) is 5.56 Å². The highest BCUT2D eigenvalue weighted by molar-refractivity contribution is 7.89. The van der Waals surface area contributed by atoms with Crippen molar-refractivity contribution in [2.45, 2.75) is 11.3 Å². The Balaban J connectivity index is 3.56. The van der Waals surface area contributed by atoms with Crippen LogP contribution in [0.3, 0.4) is 0 Å². The molecule has 0 saturated carbocycles. The van der Waals surface area contributed by atoms with E-state index in [1.165, 1.54) is 12.1 Å². The van der Waals surface area contributed by atoms with E-state index in [1.807, 2.05) is 4.72 Å². The fourth-order valence-corrected chi connectivity index (χ4v) is 2.09. The van der Waals surface area contributed by atoms with Crippen LogP contribution in [0.15, 0.2) is 23.1 Å². The maximum absolute atomic E-state index is 12.5. The molecular weight excluding hydrogens is 238 g/mol. The van der Waals surface area contributed by atoms with Crippen molar-refractivity contribution in [3.63, 3.8) is 0 Å². The molecule has 0 aliphatic carbocycles. The highest BCUT2D eigenvalue weighted by Gasteiger charge is 2.22. The van der Waals surface area contributed by atoms with Gasteiger partial charge >= 0.3 is 0 Å². The van der Waals surface area contributed by atoms with Gasteiger partial charge in [0.25, 0.3) is 6.43 Å². The molecule has 0 bridgehead atoms. The van der Waals surface area contributed by atoms with E-state index in [-0.39, 0.29) is 0 Å². The molecule has 1 aromatic carbocycles. The summed E-state index contributed by atoms with van der Waals surface area (Å²) in [6.45, 7) is 0. The normalized spacial score (nSPS) is 11.4. The Morgan fingerprint density at radius 3 is 2.50 bits per heavy atom. The molecule has 0 atom stereocenters. The molecule has 0 heterocycles. The minimum Gasteiger partial charge on any atom is -0.214 e. The number of nitrogens with one attached hydrogen (secondary N) is 1. The molecule has 0 fully saturated rings. The fraction of sp³-hybridized carbons (Fsp3) is 0.222. The van der Waals surface area contributed by atoms with Crippen molar-refractivity contribution in [2.75, 3.05) is 7.05 Å². The van der Waals surface area contributed by atoms with Crippen molar-refractivity contribution >= 4 is 10.0 Å². The molecule has 0 spiro atoms. The highest BCUT2D eigenvalue weighted by Crippen LogP contribution is 2.26. The average molecular weight is 246 g/mol. The quantitative estimate of drug-likeness (QED) is 0.876. The number of hydrogen-bond acceptors (Lipinski definition) is 3. The van der Waals surface area contributed by atoms with Crippen LogP contribution in [0.5, 0.6) is 0 Å². The minimum atomic E-state index is -3.90. The minimum absolute atomic E-state index is 0.435. The molecule has 1 N–H and O–H groups in total. The smallest absolute Gasteiger partial charge is 0.214 e. The summed E-state index contributed by atoms with van der Waals surface area (Å²) in [5.41, 5.74) is -1.11. The van der Waals surface area contributed by atoms with Crippen molar-refractivity contribution in [1.82, 2.24) is 4.72 Å². The molecule has 7 heteroatoms. The maximum atomic E-state index is 12.5. The number of hydrogen-bond donors (Lipinski definition) is 1. The third-order valence-corrected chi connectivity index (χ3v) is 3.42. The van der Waals surface area contributed by atoms with Crippen LogP contribution >= 0.6 is 0 Å². The zero-order chi connectivity index (χ0) is 12.3. The molecule has 0 aromatic heterocycles. The number of sulfonamides is 1. The van der Waals surface area contributed by atoms with Crippen LogP contribution in [0.2, 0.25) is 0 Å². The highest BCUT2D eigenvalue weighted by atomic mass is 32.2. The first kappa shape index (κ1) is 12.5. The summed E-state index contributed by atoms with van der Waals surface area (Å²) >= 11 is 0. The van der Waals surface area contributed by atoms with Crippen LogP contribution in [0.25, 0.3) is 0 Å². The Morgan fingerprint density at radius 1 is 1.44 bits per heavy atom. The van der Waals surface area contributed by atoms with Crippen LogP contribution in [-0.2, 0) is 10.0 Å². The van der Waals surface area contributed by atoms with Crippen molar-refractivity contribution in [3.8, 4) is 6.07 Å². The van der Waals surface area contributed by atoms with Crippen LogP contribution in [0.4, 0.5) is 8.78 Å². The molecule has 86 valence electrons. The third-order valence-electron chi connectivity index (χ3n) is 1.96. The molecule has 0 unspecified atom stereocenters. The summed E-state index contributed by atoms with van der Waals surface area (Å²) in [5.74, 6) is 0. The lowest BCUT2D eigenvalue weighted by Gasteiger charge is -2.08.